The topological polar surface area (TPSA) is 65.1 Å². The van der Waals surface area contributed by atoms with E-state index in [2.05, 4.69) is 0 Å². The molecular weight excluding hydrogens is 310 g/mol. The molecule has 4 atom stereocenters. The second-order valence-corrected chi connectivity index (χ2v) is 6.74. The Morgan fingerprint density at radius 1 is 1.17 bits per heavy atom. The molecule has 0 aromatic heterocycles. The third kappa shape index (κ3) is 2.45. The van der Waals surface area contributed by atoms with Crippen LogP contribution in [0.15, 0.2) is 24.3 Å². The summed E-state index contributed by atoms with van der Waals surface area (Å²) >= 11 is 0. The standard InChI is InChI=1S/C18H21NO5/c1-22-18(21)12-7-6-11(8-12)17(20)19-16-13(10-24-19)9-23-15-5-3-2-4-14(15)16/h2-5,11-13,16H,6-10H2,1H3/t11-,12+,13+,16-/m0/s1. The molecule has 0 radical (unpaired) electrons. The fraction of sp³-hybridized carbons (Fsp3) is 0.556. The van der Waals surface area contributed by atoms with Crippen molar-refractivity contribution < 1.29 is 23.9 Å². The van der Waals surface area contributed by atoms with Crippen LogP contribution in [0.25, 0.3) is 0 Å². The molecule has 0 spiro atoms. The van der Waals surface area contributed by atoms with Gasteiger partial charge in [0.15, 0.2) is 0 Å². The van der Waals surface area contributed by atoms with Gasteiger partial charge in [0.05, 0.1) is 32.3 Å². The zero-order valence-corrected chi connectivity index (χ0v) is 13.6. The Morgan fingerprint density at radius 2 is 1.96 bits per heavy atom. The van der Waals surface area contributed by atoms with E-state index in [9.17, 15) is 9.59 Å². The third-order valence-electron chi connectivity index (χ3n) is 5.35. The average Bonchev–Trinajstić information content (AvgIpc) is 3.27. The number of ether oxygens (including phenoxy) is 2. The first kappa shape index (κ1) is 15.4. The van der Waals surface area contributed by atoms with Crippen LogP contribution in [0.3, 0.4) is 0 Å². The van der Waals surface area contributed by atoms with Crippen molar-refractivity contribution in [1.82, 2.24) is 5.06 Å². The summed E-state index contributed by atoms with van der Waals surface area (Å²) in [5, 5.41) is 1.54. The minimum Gasteiger partial charge on any atom is -0.493 e. The van der Waals surface area contributed by atoms with Crippen LogP contribution in [-0.2, 0) is 19.2 Å². The molecular formula is C18H21NO5. The number of para-hydroxylation sites is 1. The maximum Gasteiger partial charge on any atom is 0.308 e. The zero-order chi connectivity index (χ0) is 16.7. The van der Waals surface area contributed by atoms with E-state index in [0.717, 1.165) is 11.3 Å². The Bertz CT molecular complexity index is 661. The smallest absolute Gasteiger partial charge is 0.308 e. The fourth-order valence-electron chi connectivity index (χ4n) is 4.08. The lowest BCUT2D eigenvalue weighted by molar-refractivity contribution is -0.182. The summed E-state index contributed by atoms with van der Waals surface area (Å²) in [5.74, 6) is 0.377. The molecule has 24 heavy (non-hydrogen) atoms. The third-order valence-corrected chi connectivity index (χ3v) is 5.35. The monoisotopic (exact) mass is 331 g/mol. The SMILES string of the molecule is COC(=O)[C@@H]1CC[C@H](C(=O)N2OC[C@H]3COc4ccccc4[C@H]32)C1. The number of methoxy groups -OCH3 is 1. The normalized spacial score (nSPS) is 31.1. The van der Waals surface area contributed by atoms with Crippen molar-refractivity contribution in [3.8, 4) is 5.75 Å². The first-order valence-corrected chi connectivity index (χ1v) is 8.44. The van der Waals surface area contributed by atoms with Gasteiger partial charge in [0.2, 0.25) is 5.91 Å². The number of nitrogens with zero attached hydrogens (tertiary/aromatic N) is 1. The van der Waals surface area contributed by atoms with Crippen LogP contribution in [0.4, 0.5) is 0 Å². The van der Waals surface area contributed by atoms with E-state index in [1.165, 1.54) is 12.2 Å². The molecule has 1 aliphatic carbocycles. The summed E-state index contributed by atoms with van der Waals surface area (Å²) in [7, 11) is 1.39. The van der Waals surface area contributed by atoms with Crippen LogP contribution < -0.4 is 4.74 Å². The number of carbonyl (C=O) groups is 2. The highest BCUT2D eigenvalue weighted by molar-refractivity contribution is 5.81. The fourth-order valence-corrected chi connectivity index (χ4v) is 4.08. The molecule has 0 bridgehead atoms. The first-order chi connectivity index (χ1) is 11.7. The van der Waals surface area contributed by atoms with E-state index < -0.39 is 0 Å². The summed E-state index contributed by atoms with van der Waals surface area (Å²) in [6.07, 6.45) is 1.94. The van der Waals surface area contributed by atoms with Gasteiger partial charge in [-0.1, -0.05) is 18.2 Å². The Morgan fingerprint density at radius 3 is 2.79 bits per heavy atom. The van der Waals surface area contributed by atoms with E-state index in [1.807, 2.05) is 24.3 Å². The van der Waals surface area contributed by atoms with Crippen molar-refractivity contribution in [3.05, 3.63) is 29.8 Å². The predicted molar refractivity (Wildman–Crippen MR) is 83.8 cm³/mol. The van der Waals surface area contributed by atoms with Gasteiger partial charge >= 0.3 is 5.97 Å². The van der Waals surface area contributed by atoms with Crippen molar-refractivity contribution in [1.29, 1.82) is 0 Å². The van der Waals surface area contributed by atoms with Gasteiger partial charge in [0.25, 0.3) is 0 Å². The van der Waals surface area contributed by atoms with Gasteiger partial charge in [0, 0.05) is 17.4 Å². The molecule has 1 saturated carbocycles. The largest absolute Gasteiger partial charge is 0.493 e. The summed E-state index contributed by atoms with van der Waals surface area (Å²) in [6, 6.07) is 7.70. The minimum absolute atomic E-state index is 0.0226. The summed E-state index contributed by atoms with van der Waals surface area (Å²) < 4.78 is 10.6. The van der Waals surface area contributed by atoms with Gasteiger partial charge in [0.1, 0.15) is 5.75 Å². The van der Waals surface area contributed by atoms with Gasteiger partial charge in [-0.25, -0.2) is 5.06 Å². The van der Waals surface area contributed by atoms with Crippen LogP contribution in [0.5, 0.6) is 5.75 Å². The highest BCUT2D eigenvalue weighted by Gasteiger charge is 2.47. The number of carbonyl (C=O) groups excluding carboxylic acids is 2. The van der Waals surface area contributed by atoms with Crippen molar-refractivity contribution in [3.63, 3.8) is 0 Å². The number of rotatable bonds is 2. The minimum atomic E-state index is -0.220. The molecule has 2 aliphatic heterocycles. The van der Waals surface area contributed by atoms with Gasteiger partial charge in [-0.15, -0.1) is 0 Å². The van der Waals surface area contributed by atoms with E-state index in [4.69, 9.17) is 14.3 Å². The lowest BCUT2D eigenvalue weighted by Crippen LogP contribution is -2.37. The highest BCUT2D eigenvalue weighted by Crippen LogP contribution is 2.45. The number of hydroxylamine groups is 2. The zero-order valence-electron chi connectivity index (χ0n) is 13.6. The number of esters is 1. The molecule has 1 aromatic carbocycles. The maximum absolute atomic E-state index is 13.0. The summed E-state index contributed by atoms with van der Waals surface area (Å²) in [5.41, 5.74) is 1.00. The first-order valence-electron chi connectivity index (χ1n) is 8.44. The van der Waals surface area contributed by atoms with E-state index in [0.29, 0.717) is 32.5 Å². The van der Waals surface area contributed by atoms with Gasteiger partial charge in [-0.3, -0.25) is 14.4 Å². The molecule has 3 aliphatic rings. The van der Waals surface area contributed by atoms with Crippen LogP contribution in [-0.4, -0.2) is 37.3 Å². The Balaban J connectivity index is 1.53. The molecule has 1 amide bonds. The van der Waals surface area contributed by atoms with E-state index in [-0.39, 0.29) is 35.7 Å². The molecule has 4 rings (SSSR count). The highest BCUT2D eigenvalue weighted by atomic mass is 16.7. The Kier molecular flexibility index (Phi) is 3.92. The van der Waals surface area contributed by atoms with Crippen LogP contribution in [0.2, 0.25) is 0 Å². The second-order valence-electron chi connectivity index (χ2n) is 6.74. The number of amides is 1. The molecule has 0 N–H and O–H groups in total. The molecule has 1 saturated heterocycles. The molecule has 1 aromatic rings. The maximum atomic E-state index is 13.0. The molecule has 2 heterocycles. The van der Waals surface area contributed by atoms with Crippen molar-refractivity contribution in [2.75, 3.05) is 20.3 Å². The van der Waals surface area contributed by atoms with Gasteiger partial charge in [-0.05, 0) is 25.3 Å². The number of fused-ring (bicyclic) bond motifs is 3. The number of hydrogen-bond donors (Lipinski definition) is 0. The second kappa shape index (κ2) is 6.09. The molecule has 128 valence electrons. The van der Waals surface area contributed by atoms with Crippen molar-refractivity contribution in [2.45, 2.75) is 25.3 Å². The van der Waals surface area contributed by atoms with Gasteiger partial charge in [-0.2, -0.15) is 0 Å². The average molecular weight is 331 g/mol. The van der Waals surface area contributed by atoms with Crippen LogP contribution >= 0.6 is 0 Å². The van der Waals surface area contributed by atoms with Crippen molar-refractivity contribution >= 4 is 11.9 Å². The number of hydrogen-bond acceptors (Lipinski definition) is 5. The summed E-state index contributed by atoms with van der Waals surface area (Å²) in [4.78, 5) is 30.4. The molecule has 0 unspecified atom stereocenters. The Hall–Kier alpha value is -2.08. The predicted octanol–water partition coefficient (Wildman–Crippen LogP) is 2.10. The van der Waals surface area contributed by atoms with Gasteiger partial charge < -0.3 is 9.47 Å². The summed E-state index contributed by atoms with van der Waals surface area (Å²) in [6.45, 7) is 1.04. The van der Waals surface area contributed by atoms with Crippen molar-refractivity contribution in [2.24, 2.45) is 17.8 Å². The van der Waals surface area contributed by atoms with Crippen LogP contribution in [0, 0.1) is 17.8 Å². The quantitative estimate of drug-likeness (QED) is 0.777. The van der Waals surface area contributed by atoms with E-state index in [1.54, 1.807) is 0 Å². The molecule has 6 heteroatoms. The lowest BCUT2D eigenvalue weighted by atomic mass is 9.91. The molecule has 6 nitrogen and oxygen atoms in total. The Labute approximate surface area is 140 Å². The number of benzene rings is 1. The lowest BCUT2D eigenvalue weighted by Gasteiger charge is -2.32. The van der Waals surface area contributed by atoms with Crippen LogP contribution in [0.1, 0.15) is 30.9 Å². The van der Waals surface area contributed by atoms with E-state index >= 15 is 0 Å². The molecule has 2 fully saturated rings.